The number of nitrogens with zero attached hydrogens (tertiary/aromatic N) is 5. The highest BCUT2D eigenvalue weighted by molar-refractivity contribution is 8.00. The van der Waals surface area contributed by atoms with Crippen molar-refractivity contribution < 1.29 is 29.5 Å². The number of allylic oxidation sites excluding steroid dienone is 1. The van der Waals surface area contributed by atoms with Gasteiger partial charge in [0.05, 0.1) is 12.4 Å². The molecule has 37 heavy (non-hydrogen) atoms. The van der Waals surface area contributed by atoms with Crippen molar-refractivity contribution in [3.8, 4) is 0 Å². The maximum Gasteiger partial charge on any atom is 0.352 e. The van der Waals surface area contributed by atoms with Crippen molar-refractivity contribution in [2.24, 2.45) is 5.16 Å². The molecule has 3 saturated heterocycles. The molecule has 4 aliphatic rings. The molecule has 194 valence electrons. The van der Waals surface area contributed by atoms with Gasteiger partial charge in [0.2, 0.25) is 5.91 Å². The Kier molecular flexibility index (Phi) is 6.36. The summed E-state index contributed by atoms with van der Waals surface area (Å²) in [5, 5.41) is 32.8. The van der Waals surface area contributed by atoms with Gasteiger partial charge in [-0.1, -0.05) is 5.16 Å². The zero-order valence-corrected chi connectivity index (χ0v) is 20.8. The second kappa shape index (κ2) is 9.51. The summed E-state index contributed by atoms with van der Waals surface area (Å²) in [7, 11) is 0. The fraction of sp³-hybridized carbons (Fsp3) is 0.381. The molecule has 16 heteroatoms. The predicted molar refractivity (Wildman–Crippen MR) is 133 cm³/mol. The summed E-state index contributed by atoms with van der Waals surface area (Å²) in [6.07, 6.45) is 3.26. The largest absolute Gasteiger partial charge is 0.477 e. The maximum absolute atomic E-state index is 12.9. The SMILES string of the molecule is N=CN1CC(N2CCC(=CC3=C(C(=O)O)N4C(=O)[C@@H](NC(=O)/C(=N\O)c5csc(N)n5)[C@H]4SC3)C2=O)C1. The number of rotatable bonds is 7. The number of likely N-dealkylation sites (tertiary alicyclic amines) is 2. The normalized spacial score (nSPS) is 25.2. The van der Waals surface area contributed by atoms with Gasteiger partial charge in [0.25, 0.3) is 11.8 Å². The van der Waals surface area contributed by atoms with Crippen LogP contribution in [-0.4, -0.2) is 109 Å². The first-order valence-corrected chi connectivity index (χ1v) is 13.1. The van der Waals surface area contributed by atoms with Crippen molar-refractivity contribution in [2.45, 2.75) is 23.9 Å². The Morgan fingerprint density at radius 1 is 1.32 bits per heavy atom. The van der Waals surface area contributed by atoms with Crippen LogP contribution in [-0.2, 0) is 19.2 Å². The number of carbonyl (C=O) groups is 4. The number of hydrogen-bond donors (Lipinski definition) is 5. The minimum atomic E-state index is -1.31. The van der Waals surface area contributed by atoms with E-state index in [0.29, 0.717) is 37.2 Å². The summed E-state index contributed by atoms with van der Waals surface area (Å²) in [5.74, 6) is -2.75. The van der Waals surface area contributed by atoms with Crippen LogP contribution >= 0.6 is 23.1 Å². The Bertz CT molecular complexity index is 1300. The molecule has 4 aliphatic heterocycles. The smallest absolute Gasteiger partial charge is 0.352 e. The van der Waals surface area contributed by atoms with E-state index in [2.05, 4.69) is 15.5 Å². The van der Waals surface area contributed by atoms with Gasteiger partial charge in [-0.05, 0) is 18.1 Å². The molecule has 6 N–H and O–H groups in total. The summed E-state index contributed by atoms with van der Waals surface area (Å²) >= 11 is 2.31. The van der Waals surface area contributed by atoms with Crippen LogP contribution in [0.3, 0.4) is 0 Å². The molecule has 0 aliphatic carbocycles. The Morgan fingerprint density at radius 2 is 2.08 bits per heavy atom. The van der Waals surface area contributed by atoms with Crippen molar-refractivity contribution in [1.82, 2.24) is 25.0 Å². The molecule has 0 bridgehead atoms. The number of nitrogens with one attached hydrogen (secondary N) is 2. The fourth-order valence-corrected chi connectivity index (χ4v) is 6.54. The molecule has 0 aromatic carbocycles. The molecule has 14 nitrogen and oxygen atoms in total. The van der Waals surface area contributed by atoms with Gasteiger partial charge in [-0.15, -0.1) is 23.1 Å². The average molecular weight is 547 g/mol. The van der Waals surface area contributed by atoms with Crippen LogP contribution in [0, 0.1) is 5.41 Å². The lowest BCUT2D eigenvalue weighted by Crippen LogP contribution is -2.71. The number of carbonyl (C=O) groups excluding carboxylic acids is 3. The molecular weight excluding hydrogens is 524 g/mol. The highest BCUT2D eigenvalue weighted by atomic mass is 32.2. The van der Waals surface area contributed by atoms with E-state index in [1.165, 1.54) is 23.5 Å². The van der Waals surface area contributed by atoms with E-state index in [1.807, 2.05) is 0 Å². The third kappa shape index (κ3) is 4.21. The average Bonchev–Trinajstić information content (AvgIpc) is 3.42. The highest BCUT2D eigenvalue weighted by Crippen LogP contribution is 2.41. The first-order valence-electron chi connectivity index (χ1n) is 11.1. The molecule has 0 radical (unpaired) electrons. The van der Waals surface area contributed by atoms with Crippen LogP contribution in [0.5, 0.6) is 0 Å². The molecule has 3 amide bonds. The third-order valence-corrected chi connectivity index (χ3v) is 8.56. The van der Waals surface area contributed by atoms with Crippen molar-refractivity contribution in [3.05, 3.63) is 34.0 Å². The van der Waals surface area contributed by atoms with Gasteiger partial charge < -0.3 is 31.2 Å². The monoisotopic (exact) mass is 546 g/mol. The Labute approximate surface area is 218 Å². The van der Waals surface area contributed by atoms with E-state index in [4.69, 9.17) is 11.1 Å². The van der Waals surface area contributed by atoms with E-state index >= 15 is 0 Å². The number of oxime groups is 1. The quantitative estimate of drug-likeness (QED) is 0.0711. The molecular formula is C21H22N8O6S2. The molecule has 5 heterocycles. The summed E-state index contributed by atoms with van der Waals surface area (Å²) in [4.78, 5) is 59.2. The number of thioether (sulfide) groups is 1. The van der Waals surface area contributed by atoms with Gasteiger partial charge in [0.1, 0.15) is 22.8 Å². The number of aromatic nitrogens is 1. The fourth-order valence-electron chi connectivity index (χ4n) is 4.69. The number of anilines is 1. The van der Waals surface area contributed by atoms with Crippen LogP contribution in [0.4, 0.5) is 5.13 Å². The molecule has 1 aromatic heterocycles. The minimum Gasteiger partial charge on any atom is -0.477 e. The number of amides is 3. The summed E-state index contributed by atoms with van der Waals surface area (Å²) in [6.45, 7) is 1.71. The van der Waals surface area contributed by atoms with E-state index in [0.717, 1.165) is 16.2 Å². The number of β-lactam (4-membered cyclic amide) rings is 1. The lowest BCUT2D eigenvalue weighted by Gasteiger charge is -2.49. The summed E-state index contributed by atoms with van der Waals surface area (Å²) < 4.78 is 0. The standard InChI is InChI=1S/C21H22N8O6S2/c22-8-27-4-11(5-27)28-2-1-9(17(28)31)3-10-6-36-19-14(18(32)29(19)15(10)20(33)34)25-16(30)13(26-35)12-7-37-21(23)24-12/h3,7-8,11,14,19,22,35H,1-2,4-6H2,(H2,23,24)(H,25,30)(H,33,34)/b9-3?,22-8?,26-13-/t14-,19-/m1/s1. The second-order valence-corrected chi connectivity index (χ2v) is 10.7. The van der Waals surface area contributed by atoms with Crippen molar-refractivity contribution in [3.63, 3.8) is 0 Å². The van der Waals surface area contributed by atoms with Crippen molar-refractivity contribution in [1.29, 1.82) is 5.41 Å². The summed E-state index contributed by atoms with van der Waals surface area (Å²) in [6, 6.07) is -1.01. The highest BCUT2D eigenvalue weighted by Gasteiger charge is 2.54. The van der Waals surface area contributed by atoms with Crippen LogP contribution < -0.4 is 11.1 Å². The number of carboxylic acid groups (broad SMARTS) is 1. The zero-order valence-electron chi connectivity index (χ0n) is 19.2. The van der Waals surface area contributed by atoms with Gasteiger partial charge in [0, 0.05) is 36.3 Å². The van der Waals surface area contributed by atoms with Crippen molar-refractivity contribution in [2.75, 3.05) is 31.1 Å². The van der Waals surface area contributed by atoms with Crippen LogP contribution in [0.25, 0.3) is 0 Å². The van der Waals surface area contributed by atoms with Gasteiger partial charge >= 0.3 is 5.97 Å². The Morgan fingerprint density at radius 3 is 2.70 bits per heavy atom. The number of fused-ring (bicyclic) bond motifs is 1. The first-order chi connectivity index (χ1) is 17.7. The molecule has 1 aromatic rings. The zero-order chi connectivity index (χ0) is 26.4. The van der Waals surface area contributed by atoms with Crippen LogP contribution in [0.15, 0.2) is 33.5 Å². The third-order valence-electron chi connectivity index (χ3n) is 6.59. The molecule has 5 rings (SSSR count). The van der Waals surface area contributed by atoms with Gasteiger partial charge in [-0.2, -0.15) is 0 Å². The first kappa shape index (κ1) is 24.8. The molecule has 0 spiro atoms. The van der Waals surface area contributed by atoms with Gasteiger partial charge in [-0.25, -0.2) is 9.78 Å². The van der Waals surface area contributed by atoms with Crippen molar-refractivity contribution >= 4 is 64.0 Å². The minimum absolute atomic E-state index is 0.0208. The number of hydrogen-bond acceptors (Lipinski definition) is 11. The van der Waals surface area contributed by atoms with E-state index in [9.17, 15) is 29.5 Å². The van der Waals surface area contributed by atoms with Gasteiger partial charge in [-0.3, -0.25) is 24.7 Å². The molecule has 0 unspecified atom stereocenters. The Balaban J connectivity index is 1.31. The molecule has 0 saturated carbocycles. The topological polar surface area (TPSA) is 206 Å². The van der Waals surface area contributed by atoms with E-state index < -0.39 is 34.9 Å². The Hall–Kier alpha value is -3.92. The second-order valence-electron chi connectivity index (χ2n) is 8.71. The van der Waals surface area contributed by atoms with E-state index in [-0.39, 0.29) is 34.2 Å². The summed E-state index contributed by atoms with van der Waals surface area (Å²) in [5.41, 5.74) is 5.80. The van der Waals surface area contributed by atoms with E-state index in [1.54, 1.807) is 15.9 Å². The lowest BCUT2D eigenvalue weighted by atomic mass is 10.0. The van der Waals surface area contributed by atoms with Gasteiger partial charge in [0.15, 0.2) is 10.8 Å². The maximum atomic E-state index is 12.9. The number of thiazole rings is 1. The number of nitrogens with two attached hydrogens (primary N) is 1. The molecule has 3 fully saturated rings. The van der Waals surface area contributed by atoms with Crippen LogP contribution in [0.1, 0.15) is 12.1 Å². The van der Waals surface area contributed by atoms with Crippen LogP contribution in [0.2, 0.25) is 0 Å². The number of carboxylic acids is 1. The number of nitrogen functional groups attached to an aromatic ring is 1. The predicted octanol–water partition coefficient (Wildman–Crippen LogP) is -0.908. The number of aliphatic carboxylic acids is 1. The lowest BCUT2D eigenvalue weighted by molar-refractivity contribution is -0.150. The molecule has 2 atom stereocenters.